The van der Waals surface area contributed by atoms with Crippen LogP contribution in [-0.2, 0) is 14.3 Å². The number of piperazine rings is 1. The Morgan fingerprint density at radius 2 is 1.75 bits per heavy atom. The van der Waals surface area contributed by atoms with Crippen molar-refractivity contribution in [2.45, 2.75) is 12.8 Å². The summed E-state index contributed by atoms with van der Waals surface area (Å²) in [6.45, 7) is 1.28. The van der Waals surface area contributed by atoms with Crippen molar-refractivity contribution >= 4 is 29.4 Å². The van der Waals surface area contributed by atoms with Gasteiger partial charge in [0.05, 0.1) is 19.1 Å². The van der Waals surface area contributed by atoms with Crippen molar-refractivity contribution in [1.29, 1.82) is 0 Å². The molecule has 2 rings (SSSR count). The largest absolute Gasteiger partial charge is 0.469 e. The Morgan fingerprint density at radius 1 is 1.12 bits per heavy atom. The number of ether oxygens (including phenoxy) is 1. The quantitative estimate of drug-likeness (QED) is 0.770. The van der Waals surface area contributed by atoms with Gasteiger partial charge in [0.2, 0.25) is 5.91 Å². The molecule has 1 fully saturated rings. The molecule has 0 unspecified atom stereocenters. The van der Waals surface area contributed by atoms with Gasteiger partial charge in [0.25, 0.3) is 5.91 Å². The molecule has 2 amide bonds. The number of benzene rings is 1. The Hall–Kier alpha value is -2.15. The molecule has 0 spiro atoms. The maximum absolute atomic E-state index is 13.8. The Bertz CT molecular complexity index is 645. The van der Waals surface area contributed by atoms with Gasteiger partial charge in [-0.05, 0) is 18.2 Å². The van der Waals surface area contributed by atoms with Crippen molar-refractivity contribution < 1.29 is 23.5 Å². The van der Waals surface area contributed by atoms with Crippen LogP contribution in [0.1, 0.15) is 23.2 Å². The van der Waals surface area contributed by atoms with Gasteiger partial charge in [0.1, 0.15) is 5.82 Å². The van der Waals surface area contributed by atoms with E-state index in [4.69, 9.17) is 11.6 Å². The van der Waals surface area contributed by atoms with Crippen LogP contribution in [0.4, 0.5) is 4.39 Å². The van der Waals surface area contributed by atoms with Crippen LogP contribution in [0.15, 0.2) is 18.2 Å². The molecule has 130 valence electrons. The number of methoxy groups -OCH3 is 1. The van der Waals surface area contributed by atoms with E-state index in [9.17, 15) is 18.8 Å². The van der Waals surface area contributed by atoms with Crippen LogP contribution < -0.4 is 0 Å². The molecule has 0 saturated carbocycles. The lowest BCUT2D eigenvalue weighted by molar-refractivity contribution is -0.143. The van der Waals surface area contributed by atoms with Gasteiger partial charge in [-0.25, -0.2) is 4.39 Å². The molecule has 0 N–H and O–H groups in total. The summed E-state index contributed by atoms with van der Waals surface area (Å²) in [5.41, 5.74) is -0.0760. The first-order chi connectivity index (χ1) is 11.4. The zero-order valence-electron chi connectivity index (χ0n) is 13.3. The van der Waals surface area contributed by atoms with E-state index in [1.807, 2.05) is 0 Å². The fourth-order valence-corrected chi connectivity index (χ4v) is 2.63. The van der Waals surface area contributed by atoms with Crippen molar-refractivity contribution in [3.63, 3.8) is 0 Å². The number of carbonyl (C=O) groups excluding carboxylic acids is 3. The number of halogens is 2. The van der Waals surface area contributed by atoms with E-state index in [0.717, 1.165) is 6.07 Å². The molecular weight excluding hydrogens is 339 g/mol. The minimum absolute atomic E-state index is 0.0300. The second-order valence-corrected chi connectivity index (χ2v) is 5.81. The van der Waals surface area contributed by atoms with Crippen molar-refractivity contribution in [3.8, 4) is 0 Å². The fraction of sp³-hybridized carbons (Fsp3) is 0.438. The summed E-state index contributed by atoms with van der Waals surface area (Å²) in [4.78, 5) is 38.5. The normalized spacial score (nSPS) is 14.5. The van der Waals surface area contributed by atoms with E-state index >= 15 is 0 Å². The lowest BCUT2D eigenvalue weighted by Gasteiger charge is -2.35. The second kappa shape index (κ2) is 8.10. The van der Waals surface area contributed by atoms with Crippen LogP contribution in [0, 0.1) is 5.82 Å². The highest BCUT2D eigenvalue weighted by atomic mass is 35.5. The predicted octanol–water partition coefficient (Wildman–Crippen LogP) is 1.72. The maximum atomic E-state index is 13.8. The second-order valence-electron chi connectivity index (χ2n) is 5.37. The lowest BCUT2D eigenvalue weighted by atomic mass is 10.1. The Balaban J connectivity index is 1.90. The monoisotopic (exact) mass is 356 g/mol. The van der Waals surface area contributed by atoms with Crippen LogP contribution in [0.2, 0.25) is 5.02 Å². The van der Waals surface area contributed by atoms with E-state index in [1.165, 1.54) is 24.1 Å². The Morgan fingerprint density at radius 3 is 2.38 bits per heavy atom. The van der Waals surface area contributed by atoms with Gasteiger partial charge in [-0.2, -0.15) is 0 Å². The van der Waals surface area contributed by atoms with Crippen LogP contribution in [0.5, 0.6) is 0 Å². The van der Waals surface area contributed by atoms with E-state index in [-0.39, 0.29) is 29.3 Å². The Labute approximate surface area is 144 Å². The summed E-state index contributed by atoms with van der Waals surface area (Å²) < 4.78 is 18.3. The highest BCUT2D eigenvalue weighted by Gasteiger charge is 2.26. The predicted molar refractivity (Wildman–Crippen MR) is 85.1 cm³/mol. The van der Waals surface area contributed by atoms with E-state index in [1.54, 1.807) is 4.90 Å². The molecule has 0 aromatic heterocycles. The smallest absolute Gasteiger partial charge is 0.306 e. The first-order valence-corrected chi connectivity index (χ1v) is 7.89. The molecule has 0 atom stereocenters. The first-order valence-electron chi connectivity index (χ1n) is 7.51. The molecule has 0 radical (unpaired) electrons. The first kappa shape index (κ1) is 18.2. The zero-order valence-corrected chi connectivity index (χ0v) is 14.0. The van der Waals surface area contributed by atoms with Gasteiger partial charge in [-0.1, -0.05) is 11.6 Å². The average Bonchev–Trinajstić information content (AvgIpc) is 2.60. The SMILES string of the molecule is COC(=O)CCC(=O)N1CCN(C(=O)c2cc(Cl)ccc2F)CC1. The number of hydrogen-bond acceptors (Lipinski definition) is 4. The summed E-state index contributed by atoms with van der Waals surface area (Å²) in [7, 11) is 1.27. The molecule has 1 aromatic carbocycles. The standard InChI is InChI=1S/C16H18ClFN2O4/c1-24-15(22)5-4-14(21)19-6-8-20(9-7-19)16(23)12-10-11(17)2-3-13(12)18/h2-3,10H,4-9H2,1H3. The molecule has 1 heterocycles. The van der Waals surface area contributed by atoms with Gasteiger partial charge >= 0.3 is 5.97 Å². The van der Waals surface area contributed by atoms with Crippen molar-refractivity contribution in [2.24, 2.45) is 0 Å². The lowest BCUT2D eigenvalue weighted by Crippen LogP contribution is -2.50. The maximum Gasteiger partial charge on any atom is 0.306 e. The van der Waals surface area contributed by atoms with Gasteiger partial charge in [0.15, 0.2) is 0 Å². The third-order valence-corrected chi connectivity index (χ3v) is 4.08. The van der Waals surface area contributed by atoms with Crippen LogP contribution in [-0.4, -0.2) is 60.9 Å². The molecule has 0 aliphatic carbocycles. The molecule has 1 aromatic rings. The third kappa shape index (κ3) is 4.44. The number of nitrogens with zero attached hydrogens (tertiary/aromatic N) is 2. The molecule has 24 heavy (non-hydrogen) atoms. The molecule has 1 saturated heterocycles. The van der Waals surface area contributed by atoms with Crippen LogP contribution in [0.3, 0.4) is 0 Å². The van der Waals surface area contributed by atoms with Gasteiger partial charge in [0, 0.05) is 37.6 Å². The topological polar surface area (TPSA) is 66.9 Å². The van der Waals surface area contributed by atoms with E-state index < -0.39 is 17.7 Å². The molecule has 8 heteroatoms. The van der Waals surface area contributed by atoms with Crippen LogP contribution in [0.25, 0.3) is 0 Å². The van der Waals surface area contributed by atoms with Crippen LogP contribution >= 0.6 is 11.6 Å². The van der Waals surface area contributed by atoms with Gasteiger partial charge in [-0.15, -0.1) is 0 Å². The summed E-state index contributed by atoms with van der Waals surface area (Å²) in [5.74, 6) is -1.67. The summed E-state index contributed by atoms with van der Waals surface area (Å²) >= 11 is 5.81. The van der Waals surface area contributed by atoms with Gasteiger partial charge in [-0.3, -0.25) is 14.4 Å². The van der Waals surface area contributed by atoms with Crippen molar-refractivity contribution in [1.82, 2.24) is 9.80 Å². The fourth-order valence-electron chi connectivity index (χ4n) is 2.46. The number of rotatable bonds is 4. The number of hydrogen-bond donors (Lipinski definition) is 0. The minimum atomic E-state index is -0.624. The molecular formula is C16H18ClFN2O4. The molecule has 6 nitrogen and oxygen atoms in total. The molecule has 1 aliphatic heterocycles. The summed E-state index contributed by atoms with van der Waals surface area (Å²) in [6.07, 6.45) is 0.103. The number of esters is 1. The average molecular weight is 357 g/mol. The highest BCUT2D eigenvalue weighted by Crippen LogP contribution is 2.18. The summed E-state index contributed by atoms with van der Waals surface area (Å²) in [6, 6.07) is 3.83. The third-order valence-electron chi connectivity index (χ3n) is 3.85. The van der Waals surface area contributed by atoms with Crippen molar-refractivity contribution in [2.75, 3.05) is 33.3 Å². The molecule has 1 aliphatic rings. The minimum Gasteiger partial charge on any atom is -0.469 e. The van der Waals surface area contributed by atoms with E-state index in [0.29, 0.717) is 26.2 Å². The Kier molecular flexibility index (Phi) is 6.14. The number of amides is 2. The van der Waals surface area contributed by atoms with Crippen molar-refractivity contribution in [3.05, 3.63) is 34.6 Å². The summed E-state index contributed by atoms with van der Waals surface area (Å²) in [5, 5.41) is 0.288. The number of carbonyl (C=O) groups is 3. The van der Waals surface area contributed by atoms with Gasteiger partial charge < -0.3 is 14.5 Å². The van der Waals surface area contributed by atoms with E-state index in [2.05, 4.69) is 4.74 Å². The molecule has 0 bridgehead atoms. The highest BCUT2D eigenvalue weighted by molar-refractivity contribution is 6.31. The zero-order chi connectivity index (χ0) is 17.7.